The molecular formula is C28H31N5O7. The number of carbonyl (C=O) groups is 5. The average molecular weight is 550 g/mol. The van der Waals surface area contributed by atoms with Crippen molar-refractivity contribution in [1.29, 1.82) is 0 Å². The van der Waals surface area contributed by atoms with E-state index in [-0.39, 0.29) is 49.0 Å². The number of aromatic nitrogens is 1. The van der Waals surface area contributed by atoms with Crippen LogP contribution in [-0.4, -0.2) is 63.4 Å². The lowest BCUT2D eigenvalue weighted by atomic mass is 9.89. The maximum Gasteiger partial charge on any atom is 0.407 e. The Morgan fingerprint density at radius 3 is 2.55 bits per heavy atom. The van der Waals surface area contributed by atoms with E-state index < -0.39 is 29.6 Å². The van der Waals surface area contributed by atoms with Crippen LogP contribution < -0.4 is 20.7 Å². The van der Waals surface area contributed by atoms with Crippen molar-refractivity contribution in [1.82, 2.24) is 20.5 Å². The zero-order valence-electron chi connectivity index (χ0n) is 22.5. The molecule has 2 aliphatic heterocycles. The van der Waals surface area contributed by atoms with E-state index in [9.17, 15) is 24.0 Å². The van der Waals surface area contributed by atoms with Crippen molar-refractivity contribution in [2.75, 3.05) is 5.32 Å². The van der Waals surface area contributed by atoms with Crippen molar-refractivity contribution in [3.63, 3.8) is 0 Å². The quantitative estimate of drug-likeness (QED) is 0.464. The van der Waals surface area contributed by atoms with E-state index >= 15 is 0 Å². The van der Waals surface area contributed by atoms with Gasteiger partial charge >= 0.3 is 6.09 Å². The topological polar surface area (TPSA) is 156 Å². The predicted molar refractivity (Wildman–Crippen MR) is 141 cm³/mol. The van der Waals surface area contributed by atoms with E-state index in [0.29, 0.717) is 35.4 Å². The summed E-state index contributed by atoms with van der Waals surface area (Å²) in [6.45, 7) is 5.64. The summed E-state index contributed by atoms with van der Waals surface area (Å²) in [5, 5.41) is 7.88. The van der Waals surface area contributed by atoms with Crippen molar-refractivity contribution in [3.8, 4) is 5.75 Å². The molecular weight excluding hydrogens is 518 g/mol. The lowest BCUT2D eigenvalue weighted by molar-refractivity contribution is -0.136. The van der Waals surface area contributed by atoms with Crippen LogP contribution in [0.3, 0.4) is 0 Å². The van der Waals surface area contributed by atoms with Crippen LogP contribution >= 0.6 is 0 Å². The van der Waals surface area contributed by atoms with Gasteiger partial charge in [-0.25, -0.2) is 9.78 Å². The van der Waals surface area contributed by atoms with Crippen molar-refractivity contribution in [2.24, 2.45) is 0 Å². The average Bonchev–Trinajstić information content (AvgIpc) is 3.17. The van der Waals surface area contributed by atoms with Crippen molar-refractivity contribution in [2.45, 2.75) is 76.8 Å². The van der Waals surface area contributed by atoms with Gasteiger partial charge in [0.2, 0.25) is 11.8 Å². The molecule has 3 aliphatic rings. The molecule has 1 saturated carbocycles. The summed E-state index contributed by atoms with van der Waals surface area (Å²) in [6.07, 6.45) is 2.70. The van der Waals surface area contributed by atoms with Crippen LogP contribution in [0.4, 0.5) is 10.5 Å². The highest BCUT2D eigenvalue weighted by atomic mass is 16.6. The number of anilines is 1. The molecule has 1 aliphatic carbocycles. The van der Waals surface area contributed by atoms with Gasteiger partial charge in [0, 0.05) is 43.1 Å². The summed E-state index contributed by atoms with van der Waals surface area (Å²) in [4.78, 5) is 66.9. The van der Waals surface area contributed by atoms with Gasteiger partial charge in [-0.05, 0) is 63.1 Å². The Hall–Kier alpha value is -4.48. The molecule has 2 fully saturated rings. The summed E-state index contributed by atoms with van der Waals surface area (Å²) in [5.41, 5.74) is 1.27. The molecule has 210 valence electrons. The number of fused-ring (bicyclic) bond motifs is 1. The minimum absolute atomic E-state index is 0.0171. The molecule has 2 aromatic rings. The zero-order chi connectivity index (χ0) is 28.6. The van der Waals surface area contributed by atoms with E-state index in [2.05, 4.69) is 20.9 Å². The first-order valence-corrected chi connectivity index (χ1v) is 13.2. The number of nitrogens with zero attached hydrogens (tertiary/aromatic N) is 2. The maximum atomic E-state index is 12.9. The molecule has 0 radical (unpaired) electrons. The fourth-order valence-corrected chi connectivity index (χ4v) is 4.88. The maximum absolute atomic E-state index is 12.9. The Balaban J connectivity index is 1.12. The fourth-order valence-electron chi connectivity index (χ4n) is 4.88. The van der Waals surface area contributed by atoms with E-state index in [1.165, 1.54) is 11.1 Å². The minimum atomic E-state index is -0.701. The van der Waals surface area contributed by atoms with Crippen LogP contribution in [-0.2, 0) is 20.9 Å². The second kappa shape index (κ2) is 10.6. The first-order valence-electron chi connectivity index (χ1n) is 13.2. The van der Waals surface area contributed by atoms with Crippen LogP contribution in [0.15, 0.2) is 36.5 Å². The Morgan fingerprint density at radius 1 is 1.10 bits per heavy atom. The molecule has 5 amide bonds. The number of benzene rings is 1. The second-order valence-corrected chi connectivity index (χ2v) is 11.2. The molecule has 3 heterocycles. The zero-order valence-corrected chi connectivity index (χ0v) is 22.5. The van der Waals surface area contributed by atoms with Crippen LogP contribution in [0.1, 0.15) is 72.9 Å². The second-order valence-electron chi connectivity index (χ2n) is 11.2. The Labute approximate surface area is 230 Å². The lowest BCUT2D eigenvalue weighted by Gasteiger charge is -2.36. The minimum Gasteiger partial charge on any atom is -0.489 e. The molecule has 1 saturated heterocycles. The van der Waals surface area contributed by atoms with Crippen molar-refractivity contribution < 1.29 is 33.4 Å². The Kier molecular flexibility index (Phi) is 7.17. The summed E-state index contributed by atoms with van der Waals surface area (Å²) < 4.78 is 11.1. The third kappa shape index (κ3) is 6.05. The number of pyridine rings is 1. The monoisotopic (exact) mass is 549 g/mol. The fraction of sp³-hybridized carbons (Fsp3) is 0.429. The lowest BCUT2D eigenvalue weighted by Crippen LogP contribution is -2.52. The highest BCUT2D eigenvalue weighted by molar-refractivity contribution is 6.06. The van der Waals surface area contributed by atoms with Gasteiger partial charge in [0.1, 0.15) is 29.2 Å². The summed E-state index contributed by atoms with van der Waals surface area (Å²) in [7, 11) is 0. The summed E-state index contributed by atoms with van der Waals surface area (Å²) in [6, 6.07) is 7.44. The van der Waals surface area contributed by atoms with E-state index in [0.717, 1.165) is 0 Å². The molecule has 0 bridgehead atoms. The van der Waals surface area contributed by atoms with E-state index in [4.69, 9.17) is 9.47 Å². The number of piperidine rings is 1. The van der Waals surface area contributed by atoms with Gasteiger partial charge in [-0.15, -0.1) is 0 Å². The number of alkyl carbamates (subject to hydrolysis) is 1. The number of nitrogens with one attached hydrogen (secondary N) is 3. The Bertz CT molecular complexity index is 1360. The molecule has 3 N–H and O–H groups in total. The number of imide groups is 1. The van der Waals surface area contributed by atoms with Gasteiger partial charge in [-0.1, -0.05) is 0 Å². The van der Waals surface area contributed by atoms with Crippen LogP contribution in [0.5, 0.6) is 5.75 Å². The van der Waals surface area contributed by atoms with Gasteiger partial charge in [-0.2, -0.15) is 0 Å². The highest BCUT2D eigenvalue weighted by Gasteiger charge is 2.39. The number of ether oxygens (including phenoxy) is 2. The third-order valence-electron chi connectivity index (χ3n) is 6.87. The standard InChI is InChI=1S/C28H31N5O7/c1-28(2,3)40-27(38)31-17-11-19(12-17)39-18-5-7-21(29-13-18)24(35)30-16-4-6-20-15(10-16)14-33(26(20)37)22-8-9-23(34)32-25(22)36/h4-7,10,13,17,19,22H,8-9,11-12,14H2,1-3H3,(H,30,35)(H,31,38)(H,32,34,36)/t17-,19+,22?. The van der Waals surface area contributed by atoms with Gasteiger partial charge < -0.3 is 25.0 Å². The van der Waals surface area contributed by atoms with E-state index in [1.807, 2.05) is 20.8 Å². The number of amides is 5. The molecule has 1 unspecified atom stereocenters. The number of hydrogen-bond acceptors (Lipinski definition) is 8. The van der Waals surface area contributed by atoms with Gasteiger partial charge in [0.05, 0.1) is 6.20 Å². The van der Waals surface area contributed by atoms with Crippen LogP contribution in [0, 0.1) is 0 Å². The molecule has 1 aromatic carbocycles. The Morgan fingerprint density at radius 2 is 1.88 bits per heavy atom. The number of hydrogen-bond donors (Lipinski definition) is 3. The highest BCUT2D eigenvalue weighted by Crippen LogP contribution is 2.30. The molecule has 0 spiro atoms. The SMILES string of the molecule is CC(C)(C)OC(=O)N[C@H]1C[C@@H](Oc2ccc(C(=O)Nc3ccc4c(c3)CN(C3CCC(=O)NC3=O)C4=O)nc2)C1. The van der Waals surface area contributed by atoms with Crippen molar-refractivity contribution >= 4 is 35.4 Å². The first-order chi connectivity index (χ1) is 18.9. The normalized spacial score (nSPS) is 22.1. The van der Waals surface area contributed by atoms with Crippen LogP contribution in [0.2, 0.25) is 0 Å². The third-order valence-corrected chi connectivity index (χ3v) is 6.87. The summed E-state index contributed by atoms with van der Waals surface area (Å²) in [5.74, 6) is -1.00. The van der Waals surface area contributed by atoms with E-state index in [1.54, 1.807) is 30.3 Å². The van der Waals surface area contributed by atoms with Gasteiger partial charge in [-0.3, -0.25) is 24.5 Å². The van der Waals surface area contributed by atoms with Crippen LogP contribution in [0.25, 0.3) is 0 Å². The number of carbonyl (C=O) groups excluding carboxylic acids is 5. The molecule has 1 aromatic heterocycles. The molecule has 12 heteroatoms. The first kappa shape index (κ1) is 27.1. The van der Waals surface area contributed by atoms with Crippen molar-refractivity contribution in [3.05, 3.63) is 53.3 Å². The smallest absolute Gasteiger partial charge is 0.407 e. The summed E-state index contributed by atoms with van der Waals surface area (Å²) >= 11 is 0. The van der Waals surface area contributed by atoms with Gasteiger partial charge in [0.15, 0.2) is 0 Å². The van der Waals surface area contributed by atoms with Gasteiger partial charge in [0.25, 0.3) is 11.8 Å². The molecule has 12 nitrogen and oxygen atoms in total. The molecule has 5 rings (SSSR count). The molecule has 40 heavy (non-hydrogen) atoms. The predicted octanol–water partition coefficient (Wildman–Crippen LogP) is 2.53. The number of rotatable bonds is 6. The largest absolute Gasteiger partial charge is 0.489 e. The molecule has 1 atom stereocenters.